The van der Waals surface area contributed by atoms with E-state index in [1.54, 1.807) is 42.0 Å². The summed E-state index contributed by atoms with van der Waals surface area (Å²) in [6.45, 7) is 0.133. The van der Waals surface area contributed by atoms with Crippen molar-refractivity contribution in [2.24, 2.45) is 0 Å². The molecule has 0 atom stereocenters. The van der Waals surface area contributed by atoms with Gasteiger partial charge in [0.15, 0.2) is 0 Å². The summed E-state index contributed by atoms with van der Waals surface area (Å²) in [6.07, 6.45) is 3.68. The van der Waals surface area contributed by atoms with Gasteiger partial charge < -0.3 is 19.7 Å². The Kier molecular flexibility index (Phi) is 8.56. The van der Waals surface area contributed by atoms with E-state index in [2.05, 4.69) is 15.6 Å². The fourth-order valence-corrected chi connectivity index (χ4v) is 6.67. The number of anilines is 1. The molecule has 1 aliphatic carbocycles. The number of methoxy groups -OCH3 is 2. The molecule has 1 fully saturated rings. The van der Waals surface area contributed by atoms with E-state index in [1.165, 1.54) is 11.3 Å². The monoisotopic (exact) mass is 610 g/mol. The zero-order valence-electron chi connectivity index (χ0n) is 24.7. The summed E-state index contributed by atoms with van der Waals surface area (Å²) >= 11 is 1.48. The maximum Gasteiger partial charge on any atom is 0.250 e. The second kappa shape index (κ2) is 12.8. The number of fused-ring (bicyclic) bond motifs is 1. The average Bonchev–Trinajstić information content (AvgIpc) is 3.72. The minimum Gasteiger partial charge on any atom is -0.497 e. The quantitative estimate of drug-likeness (QED) is 0.208. The summed E-state index contributed by atoms with van der Waals surface area (Å²) in [5, 5.41) is 14.3. The predicted molar refractivity (Wildman–Crippen MR) is 170 cm³/mol. The Labute approximate surface area is 259 Å². The van der Waals surface area contributed by atoms with Gasteiger partial charge in [-0.05, 0) is 37.1 Å². The number of rotatable bonds is 10. The Bertz CT molecular complexity index is 1760. The number of para-hydroxylation sites is 1. The summed E-state index contributed by atoms with van der Waals surface area (Å²) in [7, 11) is 3.12. The van der Waals surface area contributed by atoms with Crippen LogP contribution in [0.1, 0.15) is 37.1 Å². The number of benzene rings is 3. The summed E-state index contributed by atoms with van der Waals surface area (Å²) in [4.78, 5) is 35.5. The lowest BCUT2D eigenvalue weighted by Gasteiger charge is -2.44. The van der Waals surface area contributed by atoms with E-state index in [9.17, 15) is 9.59 Å². The number of carbonyl (C=O) groups is 2. The predicted octanol–water partition coefficient (Wildman–Crippen LogP) is 5.94. The van der Waals surface area contributed by atoms with Crippen molar-refractivity contribution < 1.29 is 19.1 Å². The molecule has 44 heavy (non-hydrogen) atoms. The normalized spacial score (nSPS) is 14.2. The van der Waals surface area contributed by atoms with Gasteiger partial charge in [0, 0.05) is 17.0 Å². The molecule has 3 aromatic carbocycles. The van der Waals surface area contributed by atoms with Crippen molar-refractivity contribution in [3.8, 4) is 22.8 Å². The van der Waals surface area contributed by atoms with Crippen LogP contribution in [0.5, 0.6) is 11.5 Å². The third-order valence-corrected chi connectivity index (χ3v) is 9.03. The van der Waals surface area contributed by atoms with Crippen molar-refractivity contribution in [1.82, 2.24) is 24.9 Å². The molecular weight excluding hydrogens is 576 g/mol. The summed E-state index contributed by atoms with van der Waals surface area (Å²) in [6, 6.07) is 22.7. The number of hydrogen-bond acceptors (Lipinski definition) is 8. The number of nitrogens with zero attached hydrogens (tertiary/aromatic N) is 5. The van der Waals surface area contributed by atoms with Gasteiger partial charge in [0.05, 0.1) is 37.7 Å². The Hall–Kier alpha value is -4.77. The molecule has 10 nitrogen and oxygen atoms in total. The van der Waals surface area contributed by atoms with Crippen LogP contribution in [0.2, 0.25) is 0 Å². The minimum atomic E-state index is -1.10. The number of amides is 2. The molecule has 1 N–H and O–H groups in total. The third-order valence-electron chi connectivity index (χ3n) is 8.20. The fraction of sp³-hybridized carbons (Fsp3) is 0.303. The molecule has 0 spiro atoms. The smallest absolute Gasteiger partial charge is 0.250 e. The van der Waals surface area contributed by atoms with Crippen molar-refractivity contribution in [2.45, 2.75) is 50.7 Å². The van der Waals surface area contributed by atoms with Gasteiger partial charge in [-0.25, -0.2) is 9.67 Å². The van der Waals surface area contributed by atoms with Crippen LogP contribution in [0.4, 0.5) is 5.69 Å². The molecule has 226 valence electrons. The molecule has 11 heteroatoms. The van der Waals surface area contributed by atoms with Gasteiger partial charge in [-0.15, -0.1) is 16.4 Å². The third kappa shape index (κ3) is 5.87. The second-order valence-electron chi connectivity index (χ2n) is 10.8. The van der Waals surface area contributed by atoms with Crippen LogP contribution >= 0.6 is 11.3 Å². The topological polar surface area (TPSA) is 111 Å². The van der Waals surface area contributed by atoms with E-state index in [1.807, 2.05) is 60.0 Å². The lowest BCUT2D eigenvalue weighted by molar-refractivity contribution is -0.149. The summed E-state index contributed by atoms with van der Waals surface area (Å²) < 4.78 is 12.5. The lowest BCUT2D eigenvalue weighted by Crippen LogP contribution is -2.60. The first-order valence-corrected chi connectivity index (χ1v) is 15.5. The minimum absolute atomic E-state index is 0.0572. The van der Waals surface area contributed by atoms with Crippen LogP contribution in [0, 0.1) is 0 Å². The Morgan fingerprint density at radius 1 is 0.977 bits per heavy atom. The molecule has 5 aromatic rings. The number of ether oxygens (including phenoxy) is 2. The standard InChI is InChI=1S/C33H34N6O4S/c1-42-24-15-16-26(29(19-24)43-2)35-32(41)33(17-9-4-10-18-33)38(20-30-34-27(22-44-30)23-11-5-3-6-12-23)31(40)21-39-28-14-8-7-13-25(28)36-37-39/h3,5-8,11-16,19,22H,4,9-10,17-18,20-21H2,1-2H3,(H,35,41). The van der Waals surface area contributed by atoms with Gasteiger partial charge in [0.1, 0.15) is 34.1 Å². The Morgan fingerprint density at radius 3 is 2.52 bits per heavy atom. The number of nitrogens with one attached hydrogen (secondary N) is 1. The van der Waals surface area contributed by atoms with Crippen LogP contribution in [-0.2, 0) is 22.7 Å². The molecule has 2 aromatic heterocycles. The van der Waals surface area contributed by atoms with Crippen molar-refractivity contribution >= 4 is 39.9 Å². The molecular formula is C33H34N6O4S. The molecule has 0 aliphatic heterocycles. The van der Waals surface area contributed by atoms with E-state index < -0.39 is 5.54 Å². The second-order valence-corrected chi connectivity index (χ2v) is 11.8. The first-order chi connectivity index (χ1) is 21.5. The van der Waals surface area contributed by atoms with Crippen molar-refractivity contribution in [2.75, 3.05) is 19.5 Å². The summed E-state index contributed by atoms with van der Waals surface area (Å²) in [5.74, 6) is 0.610. The zero-order chi connectivity index (χ0) is 30.5. The van der Waals surface area contributed by atoms with Crippen molar-refractivity contribution in [3.05, 3.63) is 83.2 Å². The molecule has 1 aliphatic rings. The van der Waals surface area contributed by atoms with Crippen LogP contribution in [0.15, 0.2) is 78.2 Å². The molecule has 0 radical (unpaired) electrons. The van der Waals surface area contributed by atoms with E-state index in [0.717, 1.165) is 41.0 Å². The zero-order valence-corrected chi connectivity index (χ0v) is 25.5. The SMILES string of the molecule is COc1ccc(NC(=O)C2(N(Cc3nc(-c4ccccc4)cs3)C(=O)Cn3nnc4ccccc43)CCCCC2)c(OC)c1. The van der Waals surface area contributed by atoms with Gasteiger partial charge in [-0.3, -0.25) is 9.59 Å². The van der Waals surface area contributed by atoms with E-state index in [-0.39, 0.29) is 24.9 Å². The highest BCUT2D eigenvalue weighted by Gasteiger charge is 2.47. The molecule has 0 saturated heterocycles. The van der Waals surface area contributed by atoms with Crippen LogP contribution < -0.4 is 14.8 Å². The first-order valence-electron chi connectivity index (χ1n) is 14.6. The van der Waals surface area contributed by atoms with Crippen molar-refractivity contribution in [3.63, 3.8) is 0 Å². The lowest BCUT2D eigenvalue weighted by atomic mass is 9.79. The molecule has 2 heterocycles. The van der Waals surface area contributed by atoms with Gasteiger partial charge >= 0.3 is 0 Å². The van der Waals surface area contributed by atoms with Crippen molar-refractivity contribution in [1.29, 1.82) is 0 Å². The van der Waals surface area contributed by atoms with Gasteiger partial charge in [-0.2, -0.15) is 0 Å². The first kappa shape index (κ1) is 29.3. The molecule has 6 rings (SSSR count). The molecule has 2 amide bonds. The average molecular weight is 611 g/mol. The number of carbonyl (C=O) groups excluding carboxylic acids is 2. The Morgan fingerprint density at radius 2 is 1.75 bits per heavy atom. The molecule has 0 unspecified atom stereocenters. The van der Waals surface area contributed by atoms with E-state index in [0.29, 0.717) is 35.5 Å². The largest absolute Gasteiger partial charge is 0.497 e. The van der Waals surface area contributed by atoms with Crippen LogP contribution in [-0.4, -0.2) is 56.5 Å². The van der Waals surface area contributed by atoms with Crippen LogP contribution in [0.3, 0.4) is 0 Å². The number of aromatic nitrogens is 4. The van der Waals surface area contributed by atoms with Gasteiger partial charge in [0.2, 0.25) is 11.8 Å². The highest BCUT2D eigenvalue weighted by molar-refractivity contribution is 7.09. The number of hydrogen-bond donors (Lipinski definition) is 1. The summed E-state index contributed by atoms with van der Waals surface area (Å²) in [5.41, 5.74) is 2.71. The maximum absolute atomic E-state index is 14.4. The molecule has 0 bridgehead atoms. The molecule has 1 saturated carbocycles. The highest BCUT2D eigenvalue weighted by atomic mass is 32.1. The van der Waals surface area contributed by atoms with E-state index in [4.69, 9.17) is 14.5 Å². The maximum atomic E-state index is 14.4. The van der Waals surface area contributed by atoms with Gasteiger partial charge in [-0.1, -0.05) is 66.9 Å². The fourth-order valence-electron chi connectivity index (χ4n) is 5.88. The van der Waals surface area contributed by atoms with E-state index >= 15 is 0 Å². The Balaban J connectivity index is 1.37. The highest BCUT2D eigenvalue weighted by Crippen LogP contribution is 2.39. The van der Waals surface area contributed by atoms with Gasteiger partial charge in [0.25, 0.3) is 0 Å². The number of thiazole rings is 1. The van der Waals surface area contributed by atoms with Crippen LogP contribution in [0.25, 0.3) is 22.3 Å².